The van der Waals surface area contributed by atoms with Crippen molar-refractivity contribution in [1.29, 1.82) is 0 Å². The number of carbonyl (C=O) groups excluding carboxylic acids is 2. The number of carbonyl (C=O) groups is 2. The van der Waals surface area contributed by atoms with Gasteiger partial charge in [-0.1, -0.05) is 18.6 Å². The zero-order valence-corrected chi connectivity index (χ0v) is 24.0. The second-order valence-corrected chi connectivity index (χ2v) is 11.3. The zero-order chi connectivity index (χ0) is 27.7. The van der Waals surface area contributed by atoms with E-state index in [0.717, 1.165) is 43.4 Å². The Balaban J connectivity index is 1.53. The smallest absolute Gasteiger partial charge is 0.337 e. The number of halogens is 2. The lowest BCUT2D eigenvalue weighted by atomic mass is 9.71. The van der Waals surface area contributed by atoms with Gasteiger partial charge in [0.05, 0.1) is 24.3 Å². The van der Waals surface area contributed by atoms with Gasteiger partial charge in [-0.2, -0.15) is 0 Å². The van der Waals surface area contributed by atoms with Crippen molar-refractivity contribution in [3.63, 3.8) is 0 Å². The van der Waals surface area contributed by atoms with Crippen molar-refractivity contribution in [3.8, 4) is 11.5 Å². The van der Waals surface area contributed by atoms with Crippen LogP contribution in [0.15, 0.2) is 63.4 Å². The minimum Gasteiger partial charge on any atom is -0.493 e. The SMILES string of the molecule is COc1ccc([C@H]2CC(=O)C3=C(C2)NC(C)=C(C(=O)OC2CCCCC2)[C@H]3c2ccc(F)c(Br)c2)cc1OC. The van der Waals surface area contributed by atoms with Gasteiger partial charge in [0.25, 0.3) is 0 Å². The van der Waals surface area contributed by atoms with Crippen LogP contribution in [0, 0.1) is 5.82 Å². The molecule has 0 unspecified atom stereocenters. The van der Waals surface area contributed by atoms with Crippen LogP contribution in [-0.4, -0.2) is 32.1 Å². The number of Topliss-reactive ketones (excluding diaryl/α,β-unsaturated/α-hetero) is 1. The highest BCUT2D eigenvalue weighted by Crippen LogP contribution is 2.47. The summed E-state index contributed by atoms with van der Waals surface area (Å²) in [5.74, 6) is -0.362. The Morgan fingerprint density at radius 1 is 0.974 bits per heavy atom. The summed E-state index contributed by atoms with van der Waals surface area (Å²) < 4.78 is 31.3. The van der Waals surface area contributed by atoms with E-state index in [1.165, 1.54) is 6.07 Å². The quantitative estimate of drug-likeness (QED) is 0.367. The van der Waals surface area contributed by atoms with Gasteiger partial charge in [0.1, 0.15) is 11.9 Å². The molecule has 1 fully saturated rings. The zero-order valence-electron chi connectivity index (χ0n) is 22.4. The van der Waals surface area contributed by atoms with Crippen LogP contribution in [0.4, 0.5) is 4.39 Å². The molecule has 39 heavy (non-hydrogen) atoms. The lowest BCUT2D eigenvalue weighted by Crippen LogP contribution is -2.37. The van der Waals surface area contributed by atoms with E-state index in [9.17, 15) is 14.0 Å². The molecule has 0 saturated heterocycles. The van der Waals surface area contributed by atoms with Crippen molar-refractivity contribution in [2.45, 2.75) is 69.8 Å². The van der Waals surface area contributed by atoms with Gasteiger partial charge < -0.3 is 19.5 Å². The molecule has 0 bridgehead atoms. The van der Waals surface area contributed by atoms with Gasteiger partial charge in [0.15, 0.2) is 17.3 Å². The Morgan fingerprint density at radius 2 is 1.69 bits per heavy atom. The number of ether oxygens (including phenoxy) is 3. The molecule has 0 aromatic heterocycles. The van der Waals surface area contributed by atoms with Crippen LogP contribution in [0.25, 0.3) is 0 Å². The average Bonchev–Trinajstić information content (AvgIpc) is 2.93. The molecule has 1 N–H and O–H groups in total. The van der Waals surface area contributed by atoms with Crippen molar-refractivity contribution in [2.24, 2.45) is 0 Å². The Hall–Kier alpha value is -3.13. The molecule has 1 aliphatic heterocycles. The van der Waals surface area contributed by atoms with E-state index >= 15 is 0 Å². The molecule has 0 radical (unpaired) electrons. The van der Waals surface area contributed by atoms with E-state index in [1.54, 1.807) is 26.4 Å². The highest BCUT2D eigenvalue weighted by atomic mass is 79.9. The molecule has 5 rings (SSSR count). The molecule has 2 aliphatic carbocycles. The third kappa shape index (κ3) is 5.49. The number of hydrogen-bond donors (Lipinski definition) is 1. The van der Waals surface area contributed by atoms with Gasteiger partial charge >= 0.3 is 5.97 Å². The van der Waals surface area contributed by atoms with Crippen LogP contribution in [0.3, 0.4) is 0 Å². The minimum atomic E-state index is -0.645. The van der Waals surface area contributed by atoms with Crippen molar-refractivity contribution in [3.05, 3.63) is 80.4 Å². The second kappa shape index (κ2) is 11.5. The number of allylic oxidation sites excluding steroid dienone is 3. The molecule has 8 heteroatoms. The molecule has 3 aliphatic rings. The largest absolute Gasteiger partial charge is 0.493 e. The third-order valence-corrected chi connectivity index (χ3v) is 8.64. The molecule has 2 aromatic carbocycles. The summed E-state index contributed by atoms with van der Waals surface area (Å²) in [7, 11) is 3.18. The number of hydrogen-bond acceptors (Lipinski definition) is 6. The summed E-state index contributed by atoms with van der Waals surface area (Å²) in [5, 5.41) is 3.39. The van der Waals surface area contributed by atoms with Gasteiger partial charge in [0, 0.05) is 29.3 Å². The molecule has 2 atom stereocenters. The van der Waals surface area contributed by atoms with Gasteiger partial charge in [-0.05, 0) is 96.3 Å². The van der Waals surface area contributed by atoms with E-state index < -0.39 is 17.7 Å². The summed E-state index contributed by atoms with van der Waals surface area (Å²) >= 11 is 3.29. The summed E-state index contributed by atoms with van der Waals surface area (Å²) in [4.78, 5) is 27.5. The normalized spacial score (nSPS) is 21.8. The van der Waals surface area contributed by atoms with E-state index in [-0.39, 0.29) is 28.7 Å². The van der Waals surface area contributed by atoms with E-state index in [4.69, 9.17) is 14.2 Å². The predicted octanol–water partition coefficient (Wildman–Crippen LogP) is 6.84. The molecule has 6 nitrogen and oxygen atoms in total. The number of rotatable bonds is 6. The molecule has 2 aromatic rings. The number of nitrogens with one attached hydrogen (secondary N) is 1. The van der Waals surface area contributed by atoms with Crippen molar-refractivity contribution in [1.82, 2.24) is 5.32 Å². The summed E-state index contributed by atoms with van der Waals surface area (Å²) in [5.41, 5.74) is 4.04. The van der Waals surface area contributed by atoms with Gasteiger partial charge in [-0.25, -0.2) is 9.18 Å². The first-order valence-corrected chi connectivity index (χ1v) is 14.2. The molecule has 0 amide bonds. The molecular weight excluding hydrogens is 565 g/mol. The van der Waals surface area contributed by atoms with E-state index in [0.29, 0.717) is 40.3 Å². The molecular formula is C31H33BrFNO5. The van der Waals surface area contributed by atoms with Gasteiger partial charge in [-0.3, -0.25) is 4.79 Å². The standard InChI is InChI=1S/C31H33BrFNO5/c1-17-28(31(36)39-21-7-5-4-6-8-21)29(19-9-11-23(33)22(32)13-19)30-24(34-17)14-20(15-25(30)35)18-10-12-26(37-2)27(16-18)38-3/h9-13,16,20-21,29,34H,4-8,14-15H2,1-3H3/t20-,29-/m1/s1. The highest BCUT2D eigenvalue weighted by molar-refractivity contribution is 9.10. The van der Waals surface area contributed by atoms with Crippen molar-refractivity contribution in [2.75, 3.05) is 14.2 Å². The maximum atomic E-state index is 14.2. The predicted molar refractivity (Wildman–Crippen MR) is 149 cm³/mol. The van der Waals surface area contributed by atoms with Crippen molar-refractivity contribution >= 4 is 27.7 Å². The number of ketones is 1. The first-order chi connectivity index (χ1) is 18.8. The van der Waals surface area contributed by atoms with Gasteiger partial charge in [-0.15, -0.1) is 0 Å². The van der Waals surface area contributed by atoms with Crippen LogP contribution < -0.4 is 14.8 Å². The fraction of sp³-hybridized carbons (Fsp3) is 0.419. The van der Waals surface area contributed by atoms with E-state index in [1.807, 2.05) is 25.1 Å². The Morgan fingerprint density at radius 3 is 2.38 bits per heavy atom. The number of benzene rings is 2. The first-order valence-electron chi connectivity index (χ1n) is 13.4. The Labute approximate surface area is 236 Å². The topological polar surface area (TPSA) is 73.9 Å². The first kappa shape index (κ1) is 27.4. The summed E-state index contributed by atoms with van der Waals surface area (Å²) in [6.07, 6.45) is 5.64. The van der Waals surface area contributed by atoms with Crippen LogP contribution in [-0.2, 0) is 14.3 Å². The molecule has 0 spiro atoms. The third-order valence-electron chi connectivity index (χ3n) is 8.03. The van der Waals surface area contributed by atoms with Crippen LogP contribution >= 0.6 is 15.9 Å². The van der Waals surface area contributed by atoms with Crippen LogP contribution in [0.1, 0.15) is 74.8 Å². The van der Waals surface area contributed by atoms with Crippen LogP contribution in [0.5, 0.6) is 11.5 Å². The molecule has 1 saturated carbocycles. The maximum Gasteiger partial charge on any atom is 0.337 e. The second-order valence-electron chi connectivity index (χ2n) is 10.5. The number of methoxy groups -OCH3 is 2. The Bertz CT molecular complexity index is 1360. The Kier molecular flexibility index (Phi) is 8.12. The summed E-state index contributed by atoms with van der Waals surface area (Å²) in [6, 6.07) is 10.4. The highest BCUT2D eigenvalue weighted by Gasteiger charge is 2.42. The average molecular weight is 599 g/mol. The lowest BCUT2D eigenvalue weighted by molar-refractivity contribution is -0.146. The fourth-order valence-electron chi connectivity index (χ4n) is 6.08. The fourth-order valence-corrected chi connectivity index (χ4v) is 6.47. The van der Waals surface area contributed by atoms with Crippen LogP contribution in [0.2, 0.25) is 0 Å². The minimum absolute atomic E-state index is 0.0514. The van der Waals surface area contributed by atoms with Crippen molar-refractivity contribution < 1.29 is 28.2 Å². The molecule has 206 valence electrons. The molecule has 1 heterocycles. The van der Waals surface area contributed by atoms with E-state index in [2.05, 4.69) is 21.2 Å². The monoisotopic (exact) mass is 597 g/mol. The maximum absolute atomic E-state index is 14.2. The van der Waals surface area contributed by atoms with Gasteiger partial charge in [0.2, 0.25) is 0 Å². The summed E-state index contributed by atoms with van der Waals surface area (Å²) in [6.45, 7) is 1.84. The number of dihydropyridines is 1. The lowest BCUT2D eigenvalue weighted by Gasteiger charge is -2.37. The number of esters is 1.